The number of thiocarbonyl (C=S) groups is 1. The maximum atomic E-state index is 13.2. The maximum absolute atomic E-state index is 13.2. The Bertz CT molecular complexity index is 428. The third-order valence-corrected chi connectivity index (χ3v) is 3.61. The van der Waals surface area contributed by atoms with Crippen molar-refractivity contribution >= 4 is 23.0 Å². The minimum Gasteiger partial charge on any atom is -0.360 e. The molecule has 1 aliphatic rings. The van der Waals surface area contributed by atoms with E-state index in [4.69, 9.17) is 12.2 Å². The highest BCUT2D eigenvalue weighted by molar-refractivity contribution is 7.80. The fraction of sp³-hybridized carbons (Fsp3) is 0.500. The van der Waals surface area contributed by atoms with E-state index in [9.17, 15) is 4.39 Å². The molecule has 0 heterocycles. The van der Waals surface area contributed by atoms with E-state index >= 15 is 0 Å². The van der Waals surface area contributed by atoms with Crippen LogP contribution in [0.4, 0.5) is 10.1 Å². The number of anilines is 1. The summed E-state index contributed by atoms with van der Waals surface area (Å²) in [5.41, 5.74) is 1.73. The van der Waals surface area contributed by atoms with E-state index < -0.39 is 0 Å². The molecule has 2 nitrogen and oxygen atoms in total. The molecule has 1 aromatic carbocycles. The van der Waals surface area contributed by atoms with Crippen molar-refractivity contribution in [3.63, 3.8) is 0 Å². The lowest BCUT2D eigenvalue weighted by molar-refractivity contribution is 0.415. The number of aryl methyl sites for hydroxylation is 1. The Morgan fingerprint density at radius 1 is 1.28 bits per heavy atom. The molecule has 0 atom stereocenters. The van der Waals surface area contributed by atoms with Crippen LogP contribution in [0.25, 0.3) is 0 Å². The van der Waals surface area contributed by atoms with Gasteiger partial charge in [-0.1, -0.05) is 25.3 Å². The second kappa shape index (κ2) is 6.14. The molecule has 0 spiro atoms. The summed E-state index contributed by atoms with van der Waals surface area (Å²) in [7, 11) is 0. The largest absolute Gasteiger partial charge is 0.360 e. The Balaban J connectivity index is 1.92. The third-order valence-electron chi connectivity index (χ3n) is 3.39. The van der Waals surface area contributed by atoms with Crippen molar-refractivity contribution in [2.75, 3.05) is 5.32 Å². The van der Waals surface area contributed by atoms with E-state index in [1.165, 1.54) is 44.2 Å². The highest BCUT2D eigenvalue weighted by Crippen LogP contribution is 2.19. The number of benzene rings is 1. The van der Waals surface area contributed by atoms with Gasteiger partial charge >= 0.3 is 0 Å². The van der Waals surface area contributed by atoms with Crippen LogP contribution in [0.1, 0.15) is 37.7 Å². The molecule has 98 valence electrons. The van der Waals surface area contributed by atoms with Gasteiger partial charge in [-0.3, -0.25) is 0 Å². The van der Waals surface area contributed by atoms with Gasteiger partial charge in [-0.05, 0) is 49.7 Å². The Morgan fingerprint density at radius 3 is 2.72 bits per heavy atom. The van der Waals surface area contributed by atoms with Gasteiger partial charge < -0.3 is 10.6 Å². The Kier molecular flexibility index (Phi) is 4.53. The Hall–Kier alpha value is -1.16. The molecule has 1 fully saturated rings. The first-order chi connectivity index (χ1) is 8.65. The molecule has 0 radical (unpaired) electrons. The van der Waals surface area contributed by atoms with Crippen LogP contribution in [0.3, 0.4) is 0 Å². The van der Waals surface area contributed by atoms with E-state index in [1.54, 1.807) is 6.07 Å². The van der Waals surface area contributed by atoms with Gasteiger partial charge in [0, 0.05) is 11.7 Å². The zero-order valence-electron chi connectivity index (χ0n) is 10.6. The van der Waals surface area contributed by atoms with Gasteiger partial charge in [0.25, 0.3) is 0 Å². The van der Waals surface area contributed by atoms with Crippen molar-refractivity contribution in [3.05, 3.63) is 29.6 Å². The number of halogens is 1. The molecule has 0 unspecified atom stereocenters. The summed E-state index contributed by atoms with van der Waals surface area (Å²) in [4.78, 5) is 0. The lowest BCUT2D eigenvalue weighted by Gasteiger charge is -2.24. The Labute approximate surface area is 113 Å². The second-order valence-electron chi connectivity index (χ2n) is 4.89. The summed E-state index contributed by atoms with van der Waals surface area (Å²) < 4.78 is 13.2. The van der Waals surface area contributed by atoms with E-state index in [2.05, 4.69) is 10.6 Å². The fourth-order valence-corrected chi connectivity index (χ4v) is 2.60. The third kappa shape index (κ3) is 3.67. The van der Waals surface area contributed by atoms with Crippen LogP contribution in [0.2, 0.25) is 0 Å². The first kappa shape index (κ1) is 13.3. The van der Waals surface area contributed by atoms with Gasteiger partial charge in [0.2, 0.25) is 0 Å². The van der Waals surface area contributed by atoms with Crippen LogP contribution in [0, 0.1) is 12.7 Å². The van der Waals surface area contributed by atoms with Crippen molar-refractivity contribution < 1.29 is 4.39 Å². The summed E-state index contributed by atoms with van der Waals surface area (Å²) >= 11 is 5.28. The molecular formula is C14H19FN2S. The zero-order chi connectivity index (χ0) is 13.0. The van der Waals surface area contributed by atoms with Gasteiger partial charge in [0.05, 0.1) is 0 Å². The van der Waals surface area contributed by atoms with Crippen LogP contribution in [-0.4, -0.2) is 11.2 Å². The fourth-order valence-electron chi connectivity index (χ4n) is 2.32. The number of nitrogens with one attached hydrogen (secondary N) is 2. The average molecular weight is 266 g/mol. The first-order valence-electron chi connectivity index (χ1n) is 6.49. The molecule has 0 saturated heterocycles. The summed E-state index contributed by atoms with van der Waals surface area (Å²) in [5, 5.41) is 6.98. The summed E-state index contributed by atoms with van der Waals surface area (Å²) in [5.74, 6) is -0.247. The van der Waals surface area contributed by atoms with Crippen molar-refractivity contribution in [2.24, 2.45) is 0 Å². The molecule has 2 N–H and O–H groups in total. The first-order valence-corrected chi connectivity index (χ1v) is 6.89. The number of hydrogen-bond donors (Lipinski definition) is 2. The molecule has 1 saturated carbocycles. The lowest BCUT2D eigenvalue weighted by Crippen LogP contribution is -2.38. The molecule has 0 bridgehead atoms. The average Bonchev–Trinajstić information content (AvgIpc) is 2.35. The zero-order valence-corrected chi connectivity index (χ0v) is 11.4. The Morgan fingerprint density at radius 2 is 2.00 bits per heavy atom. The van der Waals surface area contributed by atoms with Gasteiger partial charge in [0.1, 0.15) is 5.82 Å². The SMILES string of the molecule is Cc1ccc(F)cc1NC(=S)NC1CCCCC1. The van der Waals surface area contributed by atoms with Crippen LogP contribution >= 0.6 is 12.2 Å². The van der Waals surface area contributed by atoms with Crippen LogP contribution < -0.4 is 10.6 Å². The van der Waals surface area contributed by atoms with Gasteiger partial charge in [0.15, 0.2) is 5.11 Å². The molecule has 0 aliphatic heterocycles. The molecule has 1 aliphatic carbocycles. The van der Waals surface area contributed by atoms with E-state index in [0.717, 1.165) is 11.3 Å². The molecule has 2 rings (SSSR count). The van der Waals surface area contributed by atoms with E-state index in [0.29, 0.717) is 11.2 Å². The topological polar surface area (TPSA) is 24.1 Å². The van der Waals surface area contributed by atoms with Crippen molar-refractivity contribution in [1.29, 1.82) is 0 Å². The molecule has 18 heavy (non-hydrogen) atoms. The smallest absolute Gasteiger partial charge is 0.171 e. The lowest BCUT2D eigenvalue weighted by atomic mass is 9.96. The highest BCUT2D eigenvalue weighted by atomic mass is 32.1. The standard InChI is InChI=1S/C14H19FN2S/c1-10-7-8-11(15)9-13(10)17-14(18)16-12-5-3-2-4-6-12/h7-9,12H,2-6H2,1H3,(H2,16,17,18). The van der Waals surface area contributed by atoms with Gasteiger partial charge in [-0.25, -0.2) is 4.39 Å². The van der Waals surface area contributed by atoms with E-state index in [-0.39, 0.29) is 5.82 Å². The molecule has 0 aromatic heterocycles. The number of hydrogen-bond acceptors (Lipinski definition) is 1. The van der Waals surface area contributed by atoms with Crippen LogP contribution in [0.5, 0.6) is 0 Å². The minimum atomic E-state index is -0.247. The maximum Gasteiger partial charge on any atom is 0.171 e. The molecule has 1 aromatic rings. The summed E-state index contributed by atoms with van der Waals surface area (Å²) in [6.07, 6.45) is 6.19. The molecular weight excluding hydrogens is 247 g/mol. The van der Waals surface area contributed by atoms with Crippen molar-refractivity contribution in [2.45, 2.75) is 45.1 Å². The van der Waals surface area contributed by atoms with Crippen LogP contribution in [-0.2, 0) is 0 Å². The predicted octanol–water partition coefficient (Wildman–Crippen LogP) is 3.75. The van der Waals surface area contributed by atoms with E-state index in [1.807, 2.05) is 6.92 Å². The predicted molar refractivity (Wildman–Crippen MR) is 77.4 cm³/mol. The monoisotopic (exact) mass is 266 g/mol. The molecule has 0 amide bonds. The summed E-state index contributed by atoms with van der Waals surface area (Å²) in [6.45, 7) is 1.94. The molecule has 4 heteroatoms. The second-order valence-corrected chi connectivity index (χ2v) is 5.30. The quantitative estimate of drug-likeness (QED) is 0.797. The van der Waals surface area contributed by atoms with Gasteiger partial charge in [-0.2, -0.15) is 0 Å². The van der Waals surface area contributed by atoms with Crippen molar-refractivity contribution in [1.82, 2.24) is 5.32 Å². The van der Waals surface area contributed by atoms with Gasteiger partial charge in [-0.15, -0.1) is 0 Å². The number of rotatable bonds is 2. The highest BCUT2D eigenvalue weighted by Gasteiger charge is 2.14. The van der Waals surface area contributed by atoms with Crippen molar-refractivity contribution in [3.8, 4) is 0 Å². The summed E-state index contributed by atoms with van der Waals surface area (Å²) in [6, 6.07) is 5.15. The minimum absolute atomic E-state index is 0.247. The normalized spacial score (nSPS) is 16.3. The van der Waals surface area contributed by atoms with Crippen LogP contribution in [0.15, 0.2) is 18.2 Å².